The van der Waals surface area contributed by atoms with Crippen LogP contribution in [0.2, 0.25) is 0 Å². The van der Waals surface area contributed by atoms with Crippen molar-refractivity contribution in [2.45, 2.75) is 5.92 Å². The molecule has 2 nitrogen and oxygen atoms in total. The Morgan fingerprint density at radius 2 is 2.46 bits per heavy atom. The number of ether oxygens (including phenoxy) is 2. The van der Waals surface area contributed by atoms with Crippen LogP contribution in [0.25, 0.3) is 0 Å². The molecule has 0 bridgehead atoms. The molecule has 70 valence electrons. The number of fused-ring (bicyclic) bond motifs is 1. The number of hydrogen-bond acceptors (Lipinski definition) is 2. The molecule has 0 aromatic heterocycles. The molecule has 1 aromatic rings. The second-order valence-corrected chi connectivity index (χ2v) is 3.15. The molecule has 0 unspecified atom stereocenters. The molecule has 0 fully saturated rings. The Morgan fingerprint density at radius 3 is 3.23 bits per heavy atom. The lowest BCUT2D eigenvalue weighted by molar-refractivity contribution is 0.166. The first-order valence-corrected chi connectivity index (χ1v) is 4.22. The first-order chi connectivity index (χ1) is 6.31. The first kappa shape index (κ1) is 8.51. The Morgan fingerprint density at radius 1 is 1.62 bits per heavy atom. The van der Waals surface area contributed by atoms with Gasteiger partial charge in [-0.05, 0) is 18.2 Å². The summed E-state index contributed by atoms with van der Waals surface area (Å²) in [5.41, 5.74) is 0.918. The van der Waals surface area contributed by atoms with Gasteiger partial charge in [-0.1, -0.05) is 0 Å². The van der Waals surface area contributed by atoms with Gasteiger partial charge in [0.25, 0.3) is 0 Å². The zero-order valence-corrected chi connectivity index (χ0v) is 7.42. The van der Waals surface area contributed by atoms with Crippen LogP contribution in [0.5, 0.6) is 5.75 Å². The molecule has 3 heteroatoms. The molecular formula is C10H11FO2. The van der Waals surface area contributed by atoms with Gasteiger partial charge in [0.05, 0.1) is 13.2 Å². The third-order valence-electron chi connectivity index (χ3n) is 2.22. The highest BCUT2D eigenvalue weighted by atomic mass is 19.1. The highest BCUT2D eigenvalue weighted by molar-refractivity contribution is 5.40. The van der Waals surface area contributed by atoms with Crippen LogP contribution in [-0.4, -0.2) is 20.3 Å². The Hall–Kier alpha value is -1.09. The van der Waals surface area contributed by atoms with E-state index in [1.54, 1.807) is 13.2 Å². The molecule has 0 aliphatic carbocycles. The molecule has 0 saturated carbocycles. The molecule has 0 spiro atoms. The molecular weight excluding hydrogens is 171 g/mol. The smallest absolute Gasteiger partial charge is 0.123 e. The maximum atomic E-state index is 12.9. The largest absolute Gasteiger partial charge is 0.493 e. The molecule has 1 aromatic carbocycles. The third kappa shape index (κ3) is 1.52. The molecule has 1 heterocycles. The highest BCUT2D eigenvalue weighted by Gasteiger charge is 2.24. The van der Waals surface area contributed by atoms with Crippen molar-refractivity contribution in [2.75, 3.05) is 20.3 Å². The molecule has 2 rings (SSSR count). The number of methoxy groups -OCH3 is 1. The van der Waals surface area contributed by atoms with Gasteiger partial charge in [0.1, 0.15) is 11.6 Å². The van der Waals surface area contributed by atoms with Crippen molar-refractivity contribution >= 4 is 0 Å². The molecule has 1 atom stereocenters. The van der Waals surface area contributed by atoms with Crippen LogP contribution in [0.1, 0.15) is 11.5 Å². The SMILES string of the molecule is COC[C@H]1COc2ccc(F)cc21. The van der Waals surface area contributed by atoms with Crippen LogP contribution in [0.3, 0.4) is 0 Å². The highest BCUT2D eigenvalue weighted by Crippen LogP contribution is 2.34. The summed E-state index contributed by atoms with van der Waals surface area (Å²) in [6, 6.07) is 4.60. The molecule has 1 aliphatic heterocycles. The fourth-order valence-electron chi connectivity index (χ4n) is 1.59. The lowest BCUT2D eigenvalue weighted by Crippen LogP contribution is -2.07. The average molecular weight is 182 g/mol. The van der Waals surface area contributed by atoms with E-state index in [1.165, 1.54) is 12.1 Å². The number of benzene rings is 1. The fraction of sp³-hybridized carbons (Fsp3) is 0.400. The zero-order valence-electron chi connectivity index (χ0n) is 7.42. The average Bonchev–Trinajstić information content (AvgIpc) is 2.49. The molecule has 13 heavy (non-hydrogen) atoms. The van der Waals surface area contributed by atoms with Crippen LogP contribution in [0, 0.1) is 5.82 Å². The minimum absolute atomic E-state index is 0.177. The second-order valence-electron chi connectivity index (χ2n) is 3.15. The lowest BCUT2D eigenvalue weighted by atomic mass is 10.0. The summed E-state index contributed by atoms with van der Waals surface area (Å²) in [7, 11) is 1.64. The van der Waals surface area contributed by atoms with E-state index in [0.717, 1.165) is 11.3 Å². The maximum Gasteiger partial charge on any atom is 0.123 e. The van der Waals surface area contributed by atoms with Gasteiger partial charge in [0.15, 0.2) is 0 Å². The summed E-state index contributed by atoms with van der Waals surface area (Å²) < 4.78 is 23.3. The normalized spacial score (nSPS) is 19.7. The van der Waals surface area contributed by atoms with E-state index in [0.29, 0.717) is 13.2 Å². The number of halogens is 1. The van der Waals surface area contributed by atoms with Crippen LogP contribution in [-0.2, 0) is 4.74 Å². The van der Waals surface area contributed by atoms with Crippen molar-refractivity contribution in [1.82, 2.24) is 0 Å². The Balaban J connectivity index is 2.29. The first-order valence-electron chi connectivity index (χ1n) is 4.22. The van der Waals surface area contributed by atoms with Gasteiger partial charge >= 0.3 is 0 Å². The van der Waals surface area contributed by atoms with E-state index >= 15 is 0 Å². The van der Waals surface area contributed by atoms with Crippen LogP contribution >= 0.6 is 0 Å². The topological polar surface area (TPSA) is 18.5 Å². The fourth-order valence-corrected chi connectivity index (χ4v) is 1.59. The van der Waals surface area contributed by atoms with Crippen LogP contribution < -0.4 is 4.74 Å². The van der Waals surface area contributed by atoms with Crippen molar-refractivity contribution in [3.8, 4) is 5.75 Å². The third-order valence-corrected chi connectivity index (χ3v) is 2.22. The summed E-state index contributed by atoms with van der Waals surface area (Å²) in [6.45, 7) is 1.17. The standard InChI is InChI=1S/C10H11FO2/c1-12-5-7-6-13-10-3-2-8(11)4-9(7)10/h2-4,7H,5-6H2,1H3/t7-/m0/s1. The van der Waals surface area contributed by atoms with Gasteiger partial charge in [-0.3, -0.25) is 0 Å². The maximum absolute atomic E-state index is 12.9. The summed E-state index contributed by atoms with van der Waals surface area (Å²) in [5, 5.41) is 0. The van der Waals surface area contributed by atoms with Crippen molar-refractivity contribution in [3.63, 3.8) is 0 Å². The minimum Gasteiger partial charge on any atom is -0.493 e. The second kappa shape index (κ2) is 3.34. The molecule has 1 aliphatic rings. The van der Waals surface area contributed by atoms with Gasteiger partial charge < -0.3 is 9.47 Å². The van der Waals surface area contributed by atoms with Crippen molar-refractivity contribution < 1.29 is 13.9 Å². The van der Waals surface area contributed by atoms with E-state index in [2.05, 4.69) is 0 Å². The van der Waals surface area contributed by atoms with E-state index in [9.17, 15) is 4.39 Å². The predicted octanol–water partition coefficient (Wildman–Crippen LogP) is 1.95. The monoisotopic (exact) mass is 182 g/mol. The van der Waals surface area contributed by atoms with Gasteiger partial charge in [0.2, 0.25) is 0 Å². The van der Waals surface area contributed by atoms with Gasteiger partial charge in [-0.15, -0.1) is 0 Å². The molecule has 0 amide bonds. The number of rotatable bonds is 2. The predicted molar refractivity (Wildman–Crippen MR) is 46.5 cm³/mol. The Kier molecular flexibility index (Phi) is 2.19. The van der Waals surface area contributed by atoms with Gasteiger partial charge in [0, 0.05) is 18.6 Å². The molecule has 0 radical (unpaired) electrons. The van der Waals surface area contributed by atoms with Crippen molar-refractivity contribution in [2.24, 2.45) is 0 Å². The summed E-state index contributed by atoms with van der Waals surface area (Å²) >= 11 is 0. The van der Waals surface area contributed by atoms with Crippen molar-refractivity contribution in [1.29, 1.82) is 0 Å². The van der Waals surface area contributed by atoms with Gasteiger partial charge in [-0.2, -0.15) is 0 Å². The quantitative estimate of drug-likeness (QED) is 0.696. The Labute approximate surface area is 76.3 Å². The zero-order chi connectivity index (χ0) is 9.26. The summed E-state index contributed by atoms with van der Waals surface area (Å²) in [5.74, 6) is 0.740. The molecule has 0 N–H and O–H groups in total. The van der Waals surface area contributed by atoms with Crippen LogP contribution in [0.4, 0.5) is 4.39 Å². The Bertz CT molecular complexity index is 310. The summed E-state index contributed by atoms with van der Waals surface area (Å²) in [6.07, 6.45) is 0. The van der Waals surface area contributed by atoms with E-state index in [1.807, 2.05) is 0 Å². The molecule has 0 saturated heterocycles. The van der Waals surface area contributed by atoms with E-state index < -0.39 is 0 Å². The number of hydrogen-bond donors (Lipinski definition) is 0. The summed E-state index contributed by atoms with van der Waals surface area (Å²) in [4.78, 5) is 0. The van der Waals surface area contributed by atoms with E-state index in [-0.39, 0.29) is 11.7 Å². The van der Waals surface area contributed by atoms with Crippen molar-refractivity contribution in [3.05, 3.63) is 29.6 Å². The minimum atomic E-state index is -0.217. The van der Waals surface area contributed by atoms with Gasteiger partial charge in [-0.25, -0.2) is 4.39 Å². The lowest BCUT2D eigenvalue weighted by Gasteiger charge is -2.05. The van der Waals surface area contributed by atoms with Crippen LogP contribution in [0.15, 0.2) is 18.2 Å². The van der Waals surface area contributed by atoms with E-state index in [4.69, 9.17) is 9.47 Å².